The molecule has 2 aromatic carbocycles. The molecule has 0 radical (unpaired) electrons. The first-order valence-electron chi connectivity index (χ1n) is 12.1. The second-order valence-corrected chi connectivity index (χ2v) is 11.0. The molecular formula is C25H27F6N3O5S. The highest BCUT2D eigenvalue weighted by Gasteiger charge is 2.46. The zero-order chi connectivity index (χ0) is 29.2. The van der Waals surface area contributed by atoms with Crippen molar-refractivity contribution in [2.75, 3.05) is 50.8 Å². The van der Waals surface area contributed by atoms with E-state index in [4.69, 9.17) is 14.2 Å². The molecule has 1 N–H and O–H groups in total. The molecule has 15 heteroatoms. The van der Waals surface area contributed by atoms with Gasteiger partial charge in [0.2, 0.25) is 15.9 Å². The summed E-state index contributed by atoms with van der Waals surface area (Å²) in [5.74, 6) is -1.47. The molecular weight excluding hydrogens is 568 g/mol. The standard InChI is InChI=1S/C25H27F6N3O5S/c1-37-13-3-11-34-22(39-21-8-6-18(7-9-21)25(29,30)31)10-12-33(34)20-5-2-4-19(14-20)23(15-38-16-23)32-40(35,36)17-24(26,27)28/h2,4-10,14,32H,3,11-13,15-17H2,1H3. The zero-order valence-electron chi connectivity index (χ0n) is 21.3. The Morgan fingerprint density at radius 2 is 1.75 bits per heavy atom. The van der Waals surface area contributed by atoms with Crippen LogP contribution in [0.3, 0.4) is 0 Å². The Kier molecular flexibility index (Phi) is 8.59. The normalized spacial score (nSPS) is 17.5. The van der Waals surface area contributed by atoms with Crippen LogP contribution in [0.5, 0.6) is 5.75 Å². The number of hydrogen-bond acceptors (Lipinski definition) is 7. The minimum atomic E-state index is -4.91. The van der Waals surface area contributed by atoms with Gasteiger partial charge in [-0.3, -0.25) is 10.0 Å². The highest BCUT2D eigenvalue weighted by Crippen LogP contribution is 2.36. The maximum Gasteiger partial charge on any atom is 0.416 e. The fourth-order valence-corrected chi connectivity index (χ4v) is 5.69. The quantitative estimate of drug-likeness (QED) is 0.305. The van der Waals surface area contributed by atoms with Gasteiger partial charge in [-0.1, -0.05) is 12.1 Å². The van der Waals surface area contributed by atoms with Crippen molar-refractivity contribution >= 4 is 15.7 Å². The Labute approximate surface area is 227 Å². The summed E-state index contributed by atoms with van der Waals surface area (Å²) in [5.41, 5.74) is -1.18. The first kappa shape index (κ1) is 30.0. The molecule has 1 saturated heterocycles. The van der Waals surface area contributed by atoms with Crippen molar-refractivity contribution in [1.82, 2.24) is 9.73 Å². The average Bonchev–Trinajstić information content (AvgIpc) is 3.22. The van der Waals surface area contributed by atoms with Gasteiger partial charge in [0.25, 0.3) is 0 Å². The second kappa shape index (κ2) is 11.5. The Morgan fingerprint density at radius 1 is 1.05 bits per heavy atom. The molecule has 0 spiro atoms. The predicted octanol–water partition coefficient (Wildman–Crippen LogP) is 4.41. The van der Waals surface area contributed by atoms with E-state index in [9.17, 15) is 34.8 Å². The van der Waals surface area contributed by atoms with Crippen LogP contribution in [0.4, 0.5) is 32.0 Å². The van der Waals surface area contributed by atoms with Crippen LogP contribution in [0.2, 0.25) is 0 Å². The SMILES string of the molecule is COCCCN1C(Oc2ccc(C(F)(F)F)cc2)=CCN1c1cccc(C2(NS(=O)(=O)CC(F)(F)F)COC2)c1. The summed E-state index contributed by atoms with van der Waals surface area (Å²) >= 11 is 0. The maximum atomic E-state index is 12.9. The van der Waals surface area contributed by atoms with Gasteiger partial charge >= 0.3 is 12.4 Å². The maximum absolute atomic E-state index is 12.9. The number of anilines is 1. The Balaban J connectivity index is 1.56. The van der Waals surface area contributed by atoms with Gasteiger partial charge in [-0.2, -0.15) is 31.1 Å². The summed E-state index contributed by atoms with van der Waals surface area (Å²) in [6.07, 6.45) is -7.10. The van der Waals surface area contributed by atoms with Crippen LogP contribution in [-0.4, -0.2) is 65.4 Å². The first-order valence-corrected chi connectivity index (χ1v) is 13.7. The topological polar surface area (TPSA) is 80.3 Å². The number of rotatable bonds is 11. The largest absolute Gasteiger partial charge is 0.440 e. The highest BCUT2D eigenvalue weighted by molar-refractivity contribution is 7.89. The molecule has 1 fully saturated rings. The van der Waals surface area contributed by atoms with Gasteiger partial charge < -0.3 is 14.2 Å². The van der Waals surface area contributed by atoms with Crippen LogP contribution in [0.25, 0.3) is 0 Å². The monoisotopic (exact) mass is 595 g/mol. The lowest BCUT2D eigenvalue weighted by atomic mass is 9.89. The van der Waals surface area contributed by atoms with Crippen LogP contribution in [0.15, 0.2) is 60.5 Å². The molecule has 4 rings (SSSR count). The number of hydrogen-bond donors (Lipinski definition) is 1. The molecule has 0 unspecified atom stereocenters. The molecule has 2 heterocycles. The van der Waals surface area contributed by atoms with Crippen molar-refractivity contribution in [2.24, 2.45) is 0 Å². The smallest absolute Gasteiger partial charge is 0.416 e. The molecule has 0 amide bonds. The van der Waals surface area contributed by atoms with Crippen LogP contribution in [0, 0.1) is 0 Å². The van der Waals surface area contributed by atoms with E-state index in [0.29, 0.717) is 43.3 Å². The Bertz CT molecular complexity index is 1310. The predicted molar refractivity (Wildman–Crippen MR) is 133 cm³/mol. The summed E-state index contributed by atoms with van der Waals surface area (Å²) < 4.78 is 120. The van der Waals surface area contributed by atoms with Gasteiger partial charge in [0.1, 0.15) is 11.3 Å². The number of benzene rings is 2. The highest BCUT2D eigenvalue weighted by atomic mass is 32.2. The van der Waals surface area contributed by atoms with Crippen molar-refractivity contribution in [3.63, 3.8) is 0 Å². The third-order valence-electron chi connectivity index (χ3n) is 6.21. The van der Waals surface area contributed by atoms with E-state index >= 15 is 0 Å². The Morgan fingerprint density at radius 3 is 2.33 bits per heavy atom. The molecule has 2 aromatic rings. The molecule has 2 aliphatic rings. The average molecular weight is 596 g/mol. The van der Waals surface area contributed by atoms with E-state index < -0.39 is 39.2 Å². The molecule has 40 heavy (non-hydrogen) atoms. The van der Waals surface area contributed by atoms with E-state index in [1.54, 1.807) is 47.5 Å². The summed E-state index contributed by atoms with van der Waals surface area (Å²) in [5, 5.41) is 3.56. The van der Waals surface area contributed by atoms with E-state index in [1.807, 2.05) is 0 Å². The van der Waals surface area contributed by atoms with E-state index in [2.05, 4.69) is 4.72 Å². The molecule has 0 aliphatic carbocycles. The van der Waals surface area contributed by atoms with Gasteiger partial charge in [-0.05, 0) is 54.5 Å². The fourth-order valence-electron chi connectivity index (χ4n) is 4.35. The van der Waals surface area contributed by atoms with Crippen molar-refractivity contribution < 1.29 is 49.0 Å². The van der Waals surface area contributed by atoms with Gasteiger partial charge in [-0.15, -0.1) is 0 Å². The van der Waals surface area contributed by atoms with E-state index in [1.165, 1.54) is 12.1 Å². The summed E-state index contributed by atoms with van der Waals surface area (Å²) in [7, 11) is -3.17. The number of halogens is 6. The molecule has 0 aromatic heterocycles. The van der Waals surface area contributed by atoms with Gasteiger partial charge in [0, 0.05) is 20.3 Å². The number of nitrogens with zero attached hydrogens (tertiary/aromatic N) is 2. The van der Waals surface area contributed by atoms with Crippen LogP contribution in [0.1, 0.15) is 17.5 Å². The number of alkyl halides is 6. The van der Waals surface area contributed by atoms with E-state index in [-0.39, 0.29) is 19.0 Å². The van der Waals surface area contributed by atoms with Crippen molar-refractivity contribution in [3.05, 3.63) is 71.6 Å². The van der Waals surface area contributed by atoms with Gasteiger partial charge in [0.15, 0.2) is 5.75 Å². The number of nitrogens with one attached hydrogen (secondary N) is 1. The molecule has 220 valence electrons. The third-order valence-corrected chi connectivity index (χ3v) is 7.61. The fraction of sp³-hybridized carbons (Fsp3) is 0.440. The van der Waals surface area contributed by atoms with Crippen LogP contribution < -0.4 is 14.5 Å². The first-order chi connectivity index (χ1) is 18.7. The lowest BCUT2D eigenvalue weighted by Gasteiger charge is -2.42. The number of methoxy groups -OCH3 is 1. The molecule has 0 bridgehead atoms. The lowest BCUT2D eigenvalue weighted by molar-refractivity contribution is -0.137. The molecule has 0 saturated carbocycles. The Hall–Kier alpha value is -3.01. The summed E-state index contributed by atoms with van der Waals surface area (Å²) in [6.45, 7) is 0.823. The van der Waals surface area contributed by atoms with Crippen LogP contribution in [-0.2, 0) is 31.2 Å². The van der Waals surface area contributed by atoms with Gasteiger partial charge in [0.05, 0.1) is 31.0 Å². The molecule has 2 aliphatic heterocycles. The van der Waals surface area contributed by atoms with Crippen molar-refractivity contribution in [1.29, 1.82) is 0 Å². The molecule has 0 atom stereocenters. The number of hydrazine groups is 1. The summed E-state index contributed by atoms with van der Waals surface area (Å²) in [4.78, 5) is 0. The number of ether oxygens (including phenoxy) is 3. The third kappa shape index (κ3) is 7.19. The second-order valence-electron chi connectivity index (χ2n) is 9.32. The minimum Gasteiger partial charge on any atom is -0.440 e. The summed E-state index contributed by atoms with van der Waals surface area (Å²) in [6, 6.07) is 10.9. The number of sulfonamides is 1. The van der Waals surface area contributed by atoms with E-state index in [0.717, 1.165) is 12.1 Å². The van der Waals surface area contributed by atoms with Crippen molar-refractivity contribution in [3.8, 4) is 5.75 Å². The van der Waals surface area contributed by atoms with Gasteiger partial charge in [-0.25, -0.2) is 8.42 Å². The minimum absolute atomic E-state index is 0.147. The van der Waals surface area contributed by atoms with Crippen LogP contribution >= 0.6 is 0 Å². The lowest BCUT2D eigenvalue weighted by Crippen LogP contribution is -2.60. The zero-order valence-corrected chi connectivity index (χ0v) is 22.1. The van der Waals surface area contributed by atoms with Crippen molar-refractivity contribution in [2.45, 2.75) is 24.3 Å². The molecule has 8 nitrogen and oxygen atoms in total.